The second-order valence-corrected chi connectivity index (χ2v) is 10.2. The summed E-state index contributed by atoms with van der Waals surface area (Å²) in [5, 5.41) is 4.35. The molecule has 29 heavy (non-hydrogen) atoms. The fraction of sp³-hybridized carbons (Fsp3) is 0.435. The van der Waals surface area contributed by atoms with E-state index >= 15 is 0 Å². The molecule has 1 aromatic carbocycles. The predicted octanol–water partition coefficient (Wildman–Crippen LogP) is 4.86. The molecule has 1 aliphatic carbocycles. The average Bonchev–Trinajstić information content (AvgIpc) is 2.66. The summed E-state index contributed by atoms with van der Waals surface area (Å²) < 4.78 is 0. The number of hydrogen-bond donors (Lipinski definition) is 2. The highest BCUT2D eigenvalue weighted by atomic mass is 32.2. The summed E-state index contributed by atoms with van der Waals surface area (Å²) in [6, 6.07) is 9.81. The standard InChI is InChI=1S/C23H27N3O2S/c1-5-13(2)29-22-25-20-19(21(28)26-22)17(14-9-7-6-8-10-14)18-15(24-20)11-23(3,4)12-16(18)27/h6-10,13,17H,5,11-12H2,1-4H3,(H2,24,25,26,28). The third kappa shape index (κ3) is 3.78. The number of allylic oxidation sites excluding steroid dienone is 2. The number of carbonyl (C=O) groups is 1. The van der Waals surface area contributed by atoms with Crippen molar-refractivity contribution in [1.29, 1.82) is 0 Å². The summed E-state index contributed by atoms with van der Waals surface area (Å²) in [6.45, 7) is 8.45. The molecule has 1 aromatic heterocycles. The van der Waals surface area contributed by atoms with Crippen molar-refractivity contribution in [2.24, 2.45) is 5.41 Å². The van der Waals surface area contributed by atoms with Gasteiger partial charge in [0.25, 0.3) is 5.56 Å². The molecule has 6 heteroatoms. The molecule has 2 atom stereocenters. The van der Waals surface area contributed by atoms with E-state index in [2.05, 4.69) is 38.0 Å². The number of Topliss-reactive ketones (excluding diaryl/α,β-unsaturated/α-hetero) is 1. The van der Waals surface area contributed by atoms with Crippen LogP contribution in [-0.2, 0) is 4.79 Å². The molecule has 0 saturated carbocycles. The zero-order chi connectivity index (χ0) is 20.8. The van der Waals surface area contributed by atoms with Gasteiger partial charge in [-0.05, 0) is 23.8 Å². The summed E-state index contributed by atoms with van der Waals surface area (Å²) in [5.74, 6) is 0.309. The molecule has 1 aliphatic heterocycles. The van der Waals surface area contributed by atoms with Crippen molar-refractivity contribution in [2.75, 3.05) is 5.32 Å². The SMILES string of the molecule is CCC(C)Sc1nc2c(c(=O)[nH]1)C(c1ccccc1)C1=C(CC(C)(C)CC1=O)N2. The van der Waals surface area contributed by atoms with Crippen LogP contribution in [0.3, 0.4) is 0 Å². The van der Waals surface area contributed by atoms with E-state index in [1.807, 2.05) is 30.3 Å². The van der Waals surface area contributed by atoms with Gasteiger partial charge in [0.15, 0.2) is 10.9 Å². The van der Waals surface area contributed by atoms with Gasteiger partial charge in [-0.2, -0.15) is 0 Å². The molecular weight excluding hydrogens is 382 g/mol. The molecular formula is C23H27N3O2S. The second kappa shape index (κ2) is 7.48. The molecule has 2 heterocycles. The zero-order valence-corrected chi connectivity index (χ0v) is 18.2. The number of aromatic amines is 1. The van der Waals surface area contributed by atoms with Gasteiger partial charge in [0, 0.05) is 28.9 Å². The van der Waals surface area contributed by atoms with Gasteiger partial charge in [0.1, 0.15) is 5.82 Å². The number of H-pyrrole nitrogens is 1. The summed E-state index contributed by atoms with van der Waals surface area (Å²) in [7, 11) is 0. The molecule has 2 N–H and O–H groups in total. The maximum atomic E-state index is 13.2. The lowest BCUT2D eigenvalue weighted by molar-refractivity contribution is -0.118. The Kier molecular flexibility index (Phi) is 5.15. The van der Waals surface area contributed by atoms with E-state index in [1.165, 1.54) is 0 Å². The minimum absolute atomic E-state index is 0.112. The van der Waals surface area contributed by atoms with Crippen LogP contribution in [0.2, 0.25) is 0 Å². The third-order valence-corrected chi connectivity index (χ3v) is 6.87. The lowest BCUT2D eigenvalue weighted by Crippen LogP contribution is -2.37. The summed E-state index contributed by atoms with van der Waals surface area (Å²) >= 11 is 1.57. The highest BCUT2D eigenvalue weighted by Gasteiger charge is 2.42. The van der Waals surface area contributed by atoms with Crippen LogP contribution in [0.15, 0.2) is 51.6 Å². The van der Waals surface area contributed by atoms with Crippen LogP contribution in [0, 0.1) is 5.41 Å². The van der Waals surface area contributed by atoms with Crippen LogP contribution in [0.4, 0.5) is 5.82 Å². The predicted molar refractivity (Wildman–Crippen MR) is 117 cm³/mol. The van der Waals surface area contributed by atoms with Crippen LogP contribution < -0.4 is 10.9 Å². The van der Waals surface area contributed by atoms with Gasteiger partial charge in [0.2, 0.25) is 0 Å². The summed E-state index contributed by atoms with van der Waals surface area (Å²) in [4.78, 5) is 34.0. The van der Waals surface area contributed by atoms with Crippen LogP contribution in [0.25, 0.3) is 0 Å². The highest BCUT2D eigenvalue weighted by Crippen LogP contribution is 2.47. The van der Waals surface area contributed by atoms with Crippen molar-refractivity contribution >= 4 is 23.4 Å². The monoisotopic (exact) mass is 409 g/mol. The number of thioether (sulfide) groups is 1. The average molecular weight is 410 g/mol. The first kappa shape index (κ1) is 20.0. The number of aromatic nitrogens is 2. The summed E-state index contributed by atoms with van der Waals surface area (Å²) in [5.41, 5.74) is 2.83. The molecule has 5 nitrogen and oxygen atoms in total. The van der Waals surface area contributed by atoms with E-state index < -0.39 is 0 Å². The first-order valence-electron chi connectivity index (χ1n) is 10.2. The third-order valence-electron chi connectivity index (χ3n) is 5.72. The second-order valence-electron chi connectivity index (χ2n) is 8.77. The molecule has 0 bridgehead atoms. The molecule has 2 aliphatic rings. The van der Waals surface area contributed by atoms with Gasteiger partial charge >= 0.3 is 0 Å². The Labute approximate surface area is 175 Å². The minimum Gasteiger partial charge on any atom is -0.343 e. The number of nitrogens with one attached hydrogen (secondary N) is 2. The molecule has 4 rings (SSSR count). The number of anilines is 1. The van der Waals surface area contributed by atoms with Crippen molar-refractivity contribution in [3.05, 3.63) is 63.1 Å². The molecule has 0 spiro atoms. The lowest BCUT2D eigenvalue weighted by Gasteiger charge is -2.38. The number of fused-ring (bicyclic) bond motifs is 1. The molecule has 2 unspecified atom stereocenters. The fourth-order valence-electron chi connectivity index (χ4n) is 4.20. The van der Waals surface area contributed by atoms with Gasteiger partial charge in [-0.1, -0.05) is 69.8 Å². The Balaban J connectivity index is 1.90. The molecule has 0 radical (unpaired) electrons. The van der Waals surface area contributed by atoms with Crippen LogP contribution in [0.5, 0.6) is 0 Å². The van der Waals surface area contributed by atoms with E-state index in [4.69, 9.17) is 4.98 Å². The van der Waals surface area contributed by atoms with E-state index in [0.29, 0.717) is 28.2 Å². The molecule has 2 aromatic rings. The zero-order valence-electron chi connectivity index (χ0n) is 17.3. The Bertz CT molecular complexity index is 1040. The van der Waals surface area contributed by atoms with Gasteiger partial charge in [-0.25, -0.2) is 4.98 Å². The van der Waals surface area contributed by atoms with E-state index in [0.717, 1.165) is 29.7 Å². The number of ketones is 1. The van der Waals surface area contributed by atoms with Crippen molar-refractivity contribution in [3.63, 3.8) is 0 Å². The lowest BCUT2D eigenvalue weighted by atomic mass is 9.69. The Morgan fingerprint density at radius 3 is 2.62 bits per heavy atom. The first-order chi connectivity index (χ1) is 13.8. The smallest absolute Gasteiger partial charge is 0.257 e. The first-order valence-corrected chi connectivity index (χ1v) is 11.1. The van der Waals surface area contributed by atoms with E-state index in [-0.39, 0.29) is 22.7 Å². The van der Waals surface area contributed by atoms with E-state index in [9.17, 15) is 9.59 Å². The summed E-state index contributed by atoms with van der Waals surface area (Å²) in [6.07, 6.45) is 2.24. The topological polar surface area (TPSA) is 74.8 Å². The van der Waals surface area contributed by atoms with Crippen LogP contribution >= 0.6 is 11.8 Å². The van der Waals surface area contributed by atoms with Gasteiger partial charge in [-0.3, -0.25) is 9.59 Å². The Morgan fingerprint density at radius 1 is 1.21 bits per heavy atom. The van der Waals surface area contributed by atoms with Crippen molar-refractivity contribution in [2.45, 2.75) is 63.3 Å². The Morgan fingerprint density at radius 2 is 1.93 bits per heavy atom. The number of rotatable bonds is 4. The molecule has 0 saturated heterocycles. The molecule has 0 fully saturated rings. The minimum atomic E-state index is -0.384. The number of hydrogen-bond acceptors (Lipinski definition) is 5. The quantitative estimate of drug-likeness (QED) is 0.557. The fourth-order valence-corrected chi connectivity index (χ4v) is 5.05. The van der Waals surface area contributed by atoms with Crippen LogP contribution in [0.1, 0.15) is 64.0 Å². The number of benzene rings is 1. The van der Waals surface area contributed by atoms with Crippen LogP contribution in [-0.4, -0.2) is 21.0 Å². The number of nitrogens with zero attached hydrogens (tertiary/aromatic N) is 1. The van der Waals surface area contributed by atoms with E-state index in [1.54, 1.807) is 11.8 Å². The van der Waals surface area contributed by atoms with Gasteiger partial charge in [-0.15, -0.1) is 0 Å². The number of carbonyl (C=O) groups excluding carboxylic acids is 1. The van der Waals surface area contributed by atoms with Crippen molar-refractivity contribution in [3.8, 4) is 0 Å². The molecule has 0 amide bonds. The van der Waals surface area contributed by atoms with Gasteiger partial charge in [0.05, 0.1) is 5.56 Å². The van der Waals surface area contributed by atoms with Gasteiger partial charge < -0.3 is 10.3 Å². The normalized spacial score (nSPS) is 21.2. The van der Waals surface area contributed by atoms with Crippen molar-refractivity contribution in [1.82, 2.24) is 9.97 Å². The highest BCUT2D eigenvalue weighted by molar-refractivity contribution is 7.99. The largest absolute Gasteiger partial charge is 0.343 e. The maximum Gasteiger partial charge on any atom is 0.257 e. The Hall–Kier alpha value is -2.34. The maximum absolute atomic E-state index is 13.2. The molecule has 152 valence electrons. The van der Waals surface area contributed by atoms with Crippen molar-refractivity contribution < 1.29 is 4.79 Å².